The number of benzene rings is 1. The monoisotopic (exact) mass is 444 g/mol. The summed E-state index contributed by atoms with van der Waals surface area (Å²) in [5.74, 6) is -0.697. The lowest BCUT2D eigenvalue weighted by Crippen LogP contribution is -2.45. The molecule has 1 aromatic rings. The third-order valence-electron chi connectivity index (χ3n) is 3.99. The topological polar surface area (TPSA) is 75.7 Å². The van der Waals surface area contributed by atoms with Crippen LogP contribution in [0, 0.1) is 9.49 Å². The Balaban J connectivity index is 1.79. The number of amides is 2. The van der Waals surface area contributed by atoms with Gasteiger partial charge < -0.3 is 15.0 Å². The predicted molar refractivity (Wildman–Crippen MR) is 97.4 cm³/mol. The smallest absolute Gasteiger partial charge is 0.309 e. The number of carbonyl (C=O) groups is 3. The molecule has 1 aliphatic heterocycles. The van der Waals surface area contributed by atoms with E-state index in [4.69, 9.17) is 4.74 Å². The summed E-state index contributed by atoms with van der Waals surface area (Å²) >= 11 is 2.09. The Hall–Kier alpha value is -1.64. The van der Waals surface area contributed by atoms with Crippen LogP contribution in [-0.4, -0.2) is 48.9 Å². The molecule has 0 radical (unpaired) electrons. The Morgan fingerprint density at radius 3 is 2.54 bits per heavy atom. The first-order valence-electron chi connectivity index (χ1n) is 8.00. The third-order valence-corrected chi connectivity index (χ3v) is 4.93. The highest BCUT2D eigenvalue weighted by atomic mass is 127. The van der Waals surface area contributed by atoms with Crippen molar-refractivity contribution in [3.63, 3.8) is 0 Å². The van der Waals surface area contributed by atoms with Gasteiger partial charge in [-0.25, -0.2) is 0 Å². The van der Waals surface area contributed by atoms with E-state index in [-0.39, 0.29) is 30.2 Å². The molecule has 0 bridgehead atoms. The molecule has 6 nitrogen and oxygen atoms in total. The van der Waals surface area contributed by atoms with Crippen LogP contribution < -0.4 is 5.32 Å². The van der Waals surface area contributed by atoms with Gasteiger partial charge in [-0.3, -0.25) is 14.4 Å². The average molecular weight is 444 g/mol. The maximum Gasteiger partial charge on any atom is 0.309 e. The zero-order valence-electron chi connectivity index (χ0n) is 13.6. The Morgan fingerprint density at radius 1 is 1.25 bits per heavy atom. The van der Waals surface area contributed by atoms with Crippen molar-refractivity contribution in [2.45, 2.75) is 19.8 Å². The molecule has 0 aliphatic carbocycles. The van der Waals surface area contributed by atoms with Crippen LogP contribution >= 0.6 is 22.6 Å². The molecule has 0 spiro atoms. The van der Waals surface area contributed by atoms with E-state index in [9.17, 15) is 14.4 Å². The molecule has 1 heterocycles. The second-order valence-corrected chi connectivity index (χ2v) is 6.73. The van der Waals surface area contributed by atoms with E-state index >= 15 is 0 Å². The van der Waals surface area contributed by atoms with Gasteiger partial charge in [-0.15, -0.1) is 0 Å². The lowest BCUT2D eigenvalue weighted by Gasteiger charge is -2.31. The number of likely N-dealkylation sites (tertiary alicyclic amines) is 1. The van der Waals surface area contributed by atoms with Gasteiger partial charge in [0, 0.05) is 16.7 Å². The molecule has 7 heteroatoms. The van der Waals surface area contributed by atoms with Gasteiger partial charge in [-0.1, -0.05) is 12.1 Å². The van der Waals surface area contributed by atoms with Crippen molar-refractivity contribution in [1.82, 2.24) is 10.2 Å². The number of nitrogens with one attached hydrogen (secondary N) is 1. The molecule has 1 aromatic carbocycles. The van der Waals surface area contributed by atoms with Crippen molar-refractivity contribution >= 4 is 40.4 Å². The van der Waals surface area contributed by atoms with Gasteiger partial charge in [0.05, 0.1) is 24.6 Å². The molecule has 1 N–H and O–H groups in total. The summed E-state index contributed by atoms with van der Waals surface area (Å²) in [5.41, 5.74) is 0.562. The van der Waals surface area contributed by atoms with Crippen LogP contribution in [0.15, 0.2) is 24.3 Å². The van der Waals surface area contributed by atoms with E-state index in [0.717, 1.165) is 3.57 Å². The lowest BCUT2D eigenvalue weighted by molar-refractivity contribution is -0.151. The fourth-order valence-electron chi connectivity index (χ4n) is 2.63. The number of nitrogens with zero attached hydrogens (tertiary/aromatic N) is 1. The lowest BCUT2D eigenvalue weighted by atomic mass is 9.97. The summed E-state index contributed by atoms with van der Waals surface area (Å²) in [5, 5.41) is 2.66. The molecule has 130 valence electrons. The van der Waals surface area contributed by atoms with E-state index in [2.05, 4.69) is 27.9 Å². The summed E-state index contributed by atoms with van der Waals surface area (Å²) < 4.78 is 5.86. The van der Waals surface area contributed by atoms with E-state index in [0.29, 0.717) is 38.1 Å². The second kappa shape index (κ2) is 9.00. The largest absolute Gasteiger partial charge is 0.466 e. The number of ether oxygens (including phenoxy) is 1. The van der Waals surface area contributed by atoms with E-state index < -0.39 is 0 Å². The molecule has 0 saturated carbocycles. The number of piperidine rings is 1. The van der Waals surface area contributed by atoms with Gasteiger partial charge in [0.25, 0.3) is 5.91 Å². The number of halogens is 1. The maximum absolute atomic E-state index is 12.2. The Labute approximate surface area is 155 Å². The first-order valence-corrected chi connectivity index (χ1v) is 9.08. The standard InChI is InChI=1S/C17H21IN2O4/c1-2-24-17(23)12-7-9-20(10-8-12)15(21)11-19-16(22)13-5-3-4-6-14(13)18/h3-6,12H,2,7-11H2,1H3,(H,19,22). The summed E-state index contributed by atoms with van der Waals surface area (Å²) in [6, 6.07) is 7.22. The molecular weight excluding hydrogens is 423 g/mol. The highest BCUT2D eigenvalue weighted by Crippen LogP contribution is 2.18. The summed E-state index contributed by atoms with van der Waals surface area (Å²) in [4.78, 5) is 37.7. The highest BCUT2D eigenvalue weighted by molar-refractivity contribution is 14.1. The van der Waals surface area contributed by atoms with Crippen molar-refractivity contribution in [3.05, 3.63) is 33.4 Å². The minimum atomic E-state index is -0.255. The second-order valence-electron chi connectivity index (χ2n) is 5.57. The number of rotatable bonds is 5. The van der Waals surface area contributed by atoms with Gasteiger partial charge in [0.1, 0.15) is 0 Å². The van der Waals surface area contributed by atoms with Crippen LogP contribution in [-0.2, 0) is 14.3 Å². The van der Waals surface area contributed by atoms with Gasteiger partial charge in [-0.05, 0) is 54.5 Å². The zero-order chi connectivity index (χ0) is 17.5. The zero-order valence-corrected chi connectivity index (χ0v) is 15.7. The molecular formula is C17H21IN2O4. The summed E-state index contributed by atoms with van der Waals surface area (Å²) in [7, 11) is 0. The van der Waals surface area contributed by atoms with Crippen molar-refractivity contribution < 1.29 is 19.1 Å². The van der Waals surface area contributed by atoms with Gasteiger partial charge in [-0.2, -0.15) is 0 Å². The molecule has 0 aromatic heterocycles. The summed E-state index contributed by atoms with van der Waals surface area (Å²) in [6.45, 7) is 3.16. The minimum absolute atomic E-state index is 0.0338. The fraction of sp³-hybridized carbons (Fsp3) is 0.471. The Morgan fingerprint density at radius 2 is 1.92 bits per heavy atom. The van der Waals surface area contributed by atoms with Gasteiger partial charge >= 0.3 is 5.97 Å². The van der Waals surface area contributed by atoms with Crippen LogP contribution in [0.4, 0.5) is 0 Å². The van der Waals surface area contributed by atoms with E-state index in [1.807, 2.05) is 12.1 Å². The quantitative estimate of drug-likeness (QED) is 0.556. The van der Waals surface area contributed by atoms with Crippen molar-refractivity contribution in [2.75, 3.05) is 26.2 Å². The first kappa shape index (κ1) is 18.7. The van der Waals surface area contributed by atoms with Crippen molar-refractivity contribution in [3.8, 4) is 0 Å². The summed E-state index contributed by atoms with van der Waals surface area (Å²) in [6.07, 6.45) is 1.21. The normalized spacial score (nSPS) is 15.0. The molecule has 24 heavy (non-hydrogen) atoms. The molecule has 0 unspecified atom stereocenters. The Kier molecular flexibility index (Phi) is 7.01. The van der Waals surface area contributed by atoms with Crippen molar-refractivity contribution in [1.29, 1.82) is 0 Å². The molecule has 2 amide bonds. The van der Waals surface area contributed by atoms with Gasteiger partial charge in [0.15, 0.2) is 0 Å². The average Bonchev–Trinajstić information content (AvgIpc) is 2.60. The number of esters is 1. The van der Waals surface area contributed by atoms with Crippen molar-refractivity contribution in [2.24, 2.45) is 5.92 Å². The molecule has 1 saturated heterocycles. The van der Waals surface area contributed by atoms with Crippen LogP contribution in [0.2, 0.25) is 0 Å². The minimum Gasteiger partial charge on any atom is -0.466 e. The van der Waals surface area contributed by atoms with E-state index in [1.54, 1.807) is 24.0 Å². The third kappa shape index (κ3) is 4.93. The molecule has 0 atom stereocenters. The SMILES string of the molecule is CCOC(=O)C1CCN(C(=O)CNC(=O)c2ccccc2I)CC1. The van der Waals surface area contributed by atoms with E-state index in [1.165, 1.54) is 0 Å². The van der Waals surface area contributed by atoms with Gasteiger partial charge in [0.2, 0.25) is 5.91 Å². The number of hydrogen-bond donors (Lipinski definition) is 1. The van der Waals surface area contributed by atoms with Crippen LogP contribution in [0.1, 0.15) is 30.1 Å². The van der Waals surface area contributed by atoms with Crippen LogP contribution in [0.25, 0.3) is 0 Å². The fourth-order valence-corrected chi connectivity index (χ4v) is 3.27. The predicted octanol–water partition coefficient (Wildman–Crippen LogP) is 1.82. The highest BCUT2D eigenvalue weighted by Gasteiger charge is 2.28. The number of hydrogen-bond acceptors (Lipinski definition) is 4. The molecule has 1 aliphatic rings. The first-order chi connectivity index (χ1) is 11.5. The molecule has 1 fully saturated rings. The maximum atomic E-state index is 12.2. The van der Waals surface area contributed by atoms with Crippen LogP contribution in [0.3, 0.4) is 0 Å². The molecule has 2 rings (SSSR count). The van der Waals surface area contributed by atoms with Crippen LogP contribution in [0.5, 0.6) is 0 Å². The number of carbonyl (C=O) groups excluding carboxylic acids is 3. The Bertz CT molecular complexity index is 612.